The number of aliphatic hydroxyl groups excluding tert-OH is 1. The van der Waals surface area contributed by atoms with Crippen LogP contribution in [0.4, 0.5) is 0 Å². The van der Waals surface area contributed by atoms with Crippen molar-refractivity contribution in [2.75, 3.05) is 26.9 Å². The zero-order valence-electron chi connectivity index (χ0n) is 6.80. The van der Waals surface area contributed by atoms with Gasteiger partial charge < -0.3 is 15.2 Å². The van der Waals surface area contributed by atoms with Gasteiger partial charge in [0.25, 0.3) is 0 Å². The van der Waals surface area contributed by atoms with Gasteiger partial charge in [-0.2, -0.15) is 0 Å². The third kappa shape index (κ3) is 7.29. The molecular weight excluding hydrogens is 146 g/mol. The van der Waals surface area contributed by atoms with Crippen molar-refractivity contribution in [1.29, 1.82) is 0 Å². The van der Waals surface area contributed by atoms with Gasteiger partial charge in [0, 0.05) is 26.7 Å². The molecule has 0 aliphatic rings. The molecule has 0 aromatic carbocycles. The number of aliphatic hydroxyl groups is 1. The van der Waals surface area contributed by atoms with Crippen molar-refractivity contribution in [1.82, 2.24) is 5.32 Å². The Balaban J connectivity index is 3.04. The average molecular weight is 161 g/mol. The molecule has 0 rings (SSSR count). The molecular formula is C7H15NO3. The van der Waals surface area contributed by atoms with Gasteiger partial charge in [-0.25, -0.2) is 0 Å². The van der Waals surface area contributed by atoms with Gasteiger partial charge in [0.05, 0.1) is 6.61 Å². The van der Waals surface area contributed by atoms with Gasteiger partial charge in [-0.1, -0.05) is 0 Å². The third-order valence-electron chi connectivity index (χ3n) is 1.19. The maximum Gasteiger partial charge on any atom is 0.222 e. The van der Waals surface area contributed by atoms with Crippen LogP contribution in [0.2, 0.25) is 0 Å². The first-order chi connectivity index (χ1) is 5.31. The van der Waals surface area contributed by atoms with Crippen LogP contribution in [-0.2, 0) is 9.53 Å². The van der Waals surface area contributed by atoms with E-state index in [-0.39, 0.29) is 18.9 Å². The van der Waals surface area contributed by atoms with Gasteiger partial charge in [-0.3, -0.25) is 4.79 Å². The van der Waals surface area contributed by atoms with Gasteiger partial charge >= 0.3 is 0 Å². The summed E-state index contributed by atoms with van der Waals surface area (Å²) < 4.78 is 4.78. The highest BCUT2D eigenvalue weighted by Crippen LogP contribution is 1.80. The lowest BCUT2D eigenvalue weighted by atomic mass is 10.4. The second-order valence-corrected chi connectivity index (χ2v) is 2.17. The minimum absolute atomic E-state index is 0.0872. The fourth-order valence-corrected chi connectivity index (χ4v) is 0.634. The van der Waals surface area contributed by atoms with Crippen LogP contribution >= 0.6 is 0 Å². The van der Waals surface area contributed by atoms with Crippen molar-refractivity contribution in [3.8, 4) is 0 Å². The summed E-state index contributed by atoms with van der Waals surface area (Å²) in [5.41, 5.74) is 0. The molecule has 0 radical (unpaired) electrons. The SMILES string of the molecule is COCCCNC(=O)CCO. The van der Waals surface area contributed by atoms with Gasteiger partial charge in [0.15, 0.2) is 0 Å². The molecule has 0 saturated heterocycles. The Morgan fingerprint density at radius 2 is 2.36 bits per heavy atom. The van der Waals surface area contributed by atoms with E-state index in [2.05, 4.69) is 5.32 Å². The molecule has 0 aliphatic carbocycles. The Bertz CT molecular complexity index is 106. The normalized spacial score (nSPS) is 9.64. The number of methoxy groups -OCH3 is 1. The Morgan fingerprint density at radius 1 is 1.64 bits per heavy atom. The fourth-order valence-electron chi connectivity index (χ4n) is 0.634. The van der Waals surface area contributed by atoms with Crippen LogP contribution in [0.25, 0.3) is 0 Å². The topological polar surface area (TPSA) is 58.6 Å². The second-order valence-electron chi connectivity index (χ2n) is 2.17. The molecule has 66 valence electrons. The van der Waals surface area contributed by atoms with E-state index >= 15 is 0 Å². The lowest BCUT2D eigenvalue weighted by molar-refractivity contribution is -0.121. The highest BCUT2D eigenvalue weighted by atomic mass is 16.5. The minimum Gasteiger partial charge on any atom is -0.396 e. The summed E-state index contributed by atoms with van der Waals surface area (Å²) in [4.78, 5) is 10.7. The van der Waals surface area contributed by atoms with Gasteiger partial charge in [0.2, 0.25) is 5.91 Å². The van der Waals surface area contributed by atoms with E-state index in [1.165, 1.54) is 0 Å². The number of hydrogen-bond acceptors (Lipinski definition) is 3. The average Bonchev–Trinajstić information content (AvgIpc) is 1.99. The number of amides is 1. The molecule has 0 aliphatic heterocycles. The Hall–Kier alpha value is -0.610. The summed E-state index contributed by atoms with van der Waals surface area (Å²) in [6, 6.07) is 0. The molecule has 1 amide bonds. The van der Waals surface area contributed by atoms with E-state index in [9.17, 15) is 4.79 Å². The van der Waals surface area contributed by atoms with Crippen LogP contribution in [-0.4, -0.2) is 37.9 Å². The number of carbonyl (C=O) groups excluding carboxylic acids is 1. The lowest BCUT2D eigenvalue weighted by Gasteiger charge is -2.02. The van der Waals surface area contributed by atoms with Crippen LogP contribution in [0.1, 0.15) is 12.8 Å². The zero-order valence-corrected chi connectivity index (χ0v) is 6.80. The van der Waals surface area contributed by atoms with E-state index in [0.717, 1.165) is 6.42 Å². The van der Waals surface area contributed by atoms with Gasteiger partial charge in [-0.05, 0) is 6.42 Å². The Morgan fingerprint density at radius 3 is 2.91 bits per heavy atom. The predicted molar refractivity (Wildman–Crippen MR) is 41.2 cm³/mol. The predicted octanol–water partition coefficient (Wildman–Crippen LogP) is -0.479. The maximum absolute atomic E-state index is 10.7. The number of nitrogens with one attached hydrogen (secondary N) is 1. The zero-order chi connectivity index (χ0) is 8.53. The van der Waals surface area contributed by atoms with Crippen LogP contribution in [0, 0.1) is 0 Å². The first-order valence-electron chi connectivity index (χ1n) is 3.67. The molecule has 0 saturated carbocycles. The molecule has 0 heterocycles. The van der Waals surface area contributed by atoms with E-state index in [1.807, 2.05) is 0 Å². The maximum atomic E-state index is 10.7. The Kier molecular flexibility index (Phi) is 7.08. The van der Waals surface area contributed by atoms with Crippen molar-refractivity contribution in [2.24, 2.45) is 0 Å². The van der Waals surface area contributed by atoms with Crippen LogP contribution in [0.3, 0.4) is 0 Å². The molecule has 4 nitrogen and oxygen atoms in total. The van der Waals surface area contributed by atoms with Crippen molar-refractivity contribution < 1.29 is 14.6 Å². The molecule has 0 unspecified atom stereocenters. The second kappa shape index (κ2) is 7.50. The third-order valence-corrected chi connectivity index (χ3v) is 1.19. The summed E-state index contributed by atoms with van der Waals surface area (Å²) >= 11 is 0. The first kappa shape index (κ1) is 10.4. The molecule has 0 fully saturated rings. The Labute approximate surface area is 66.5 Å². The summed E-state index contributed by atoms with van der Waals surface area (Å²) in [6.07, 6.45) is 1.00. The summed E-state index contributed by atoms with van der Waals surface area (Å²) in [5.74, 6) is -0.108. The monoisotopic (exact) mass is 161 g/mol. The lowest BCUT2D eigenvalue weighted by Crippen LogP contribution is -2.25. The summed E-state index contributed by atoms with van der Waals surface area (Å²) in [6.45, 7) is 1.18. The highest BCUT2D eigenvalue weighted by Gasteiger charge is 1.96. The van der Waals surface area contributed by atoms with Crippen LogP contribution in [0.5, 0.6) is 0 Å². The first-order valence-corrected chi connectivity index (χ1v) is 3.67. The number of ether oxygens (including phenoxy) is 1. The molecule has 0 aromatic rings. The number of hydrogen-bond donors (Lipinski definition) is 2. The van der Waals surface area contributed by atoms with Crippen molar-refractivity contribution in [2.45, 2.75) is 12.8 Å². The van der Waals surface area contributed by atoms with Crippen molar-refractivity contribution >= 4 is 5.91 Å². The molecule has 11 heavy (non-hydrogen) atoms. The van der Waals surface area contributed by atoms with E-state index < -0.39 is 0 Å². The summed E-state index contributed by atoms with van der Waals surface area (Å²) in [5, 5.41) is 11.0. The molecule has 4 heteroatoms. The highest BCUT2D eigenvalue weighted by molar-refractivity contribution is 5.75. The van der Waals surface area contributed by atoms with E-state index in [1.54, 1.807) is 7.11 Å². The van der Waals surface area contributed by atoms with Crippen molar-refractivity contribution in [3.63, 3.8) is 0 Å². The minimum atomic E-state index is -0.108. The smallest absolute Gasteiger partial charge is 0.222 e. The number of carbonyl (C=O) groups is 1. The molecule has 0 atom stereocenters. The number of rotatable bonds is 6. The molecule has 0 bridgehead atoms. The van der Waals surface area contributed by atoms with Crippen molar-refractivity contribution in [3.05, 3.63) is 0 Å². The van der Waals surface area contributed by atoms with Crippen LogP contribution in [0.15, 0.2) is 0 Å². The quantitative estimate of drug-likeness (QED) is 0.517. The largest absolute Gasteiger partial charge is 0.396 e. The fraction of sp³-hybridized carbons (Fsp3) is 0.857. The molecule has 0 aromatic heterocycles. The summed E-state index contributed by atoms with van der Waals surface area (Å²) in [7, 11) is 1.62. The molecule has 0 spiro atoms. The molecule has 2 N–H and O–H groups in total. The van der Waals surface area contributed by atoms with Crippen LogP contribution < -0.4 is 5.32 Å². The standard InChI is InChI=1S/C7H15NO3/c1-11-6-2-4-8-7(10)3-5-9/h9H,2-6H2,1H3,(H,8,10). The van der Waals surface area contributed by atoms with E-state index in [4.69, 9.17) is 9.84 Å². The van der Waals surface area contributed by atoms with E-state index in [0.29, 0.717) is 13.2 Å². The van der Waals surface area contributed by atoms with Gasteiger partial charge in [-0.15, -0.1) is 0 Å². The van der Waals surface area contributed by atoms with Gasteiger partial charge in [0.1, 0.15) is 0 Å².